The van der Waals surface area contributed by atoms with Crippen molar-refractivity contribution in [3.63, 3.8) is 0 Å². The highest BCUT2D eigenvalue weighted by Gasteiger charge is 2.27. The zero-order valence-corrected chi connectivity index (χ0v) is 12.9. The summed E-state index contributed by atoms with van der Waals surface area (Å²) in [6.45, 7) is 7.75. The molecule has 0 aliphatic heterocycles. The van der Waals surface area contributed by atoms with Crippen LogP contribution >= 0.6 is 0 Å². The van der Waals surface area contributed by atoms with Crippen LogP contribution in [0.15, 0.2) is 12.1 Å². The summed E-state index contributed by atoms with van der Waals surface area (Å²) in [5.41, 5.74) is 11.9. The minimum Gasteiger partial charge on any atom is -0.326 e. The number of hydrogen-bond donors (Lipinski definition) is 1. The Morgan fingerprint density at radius 3 is 2.32 bits per heavy atom. The molecule has 1 aliphatic carbocycles. The highest BCUT2D eigenvalue weighted by molar-refractivity contribution is 5.37. The van der Waals surface area contributed by atoms with E-state index < -0.39 is 0 Å². The largest absolute Gasteiger partial charge is 0.326 e. The second kappa shape index (κ2) is 6.06. The van der Waals surface area contributed by atoms with Gasteiger partial charge < -0.3 is 10.6 Å². The summed E-state index contributed by atoms with van der Waals surface area (Å²) >= 11 is 0. The van der Waals surface area contributed by atoms with Gasteiger partial charge in [-0.05, 0) is 63.8 Å². The zero-order chi connectivity index (χ0) is 14.0. The molecule has 0 saturated heterocycles. The van der Waals surface area contributed by atoms with E-state index in [0.29, 0.717) is 12.1 Å². The first-order valence-electron chi connectivity index (χ1n) is 7.51. The Kier molecular flexibility index (Phi) is 4.64. The number of benzene rings is 1. The Morgan fingerprint density at radius 2 is 1.79 bits per heavy atom. The third kappa shape index (κ3) is 3.37. The predicted molar refractivity (Wildman–Crippen MR) is 82.6 cm³/mol. The predicted octanol–water partition coefficient (Wildman–Crippen LogP) is 2.97. The zero-order valence-electron chi connectivity index (χ0n) is 12.9. The number of nitrogens with zero attached hydrogens (tertiary/aromatic N) is 1. The monoisotopic (exact) mass is 260 g/mol. The number of nitrogens with two attached hydrogens (primary N) is 1. The van der Waals surface area contributed by atoms with Gasteiger partial charge in [-0.3, -0.25) is 0 Å². The summed E-state index contributed by atoms with van der Waals surface area (Å²) < 4.78 is 0. The molecule has 0 spiro atoms. The molecule has 0 radical (unpaired) electrons. The Morgan fingerprint density at radius 1 is 1.16 bits per heavy atom. The van der Waals surface area contributed by atoms with E-state index in [9.17, 15) is 0 Å². The van der Waals surface area contributed by atoms with Gasteiger partial charge in [-0.2, -0.15) is 0 Å². The third-order valence-corrected chi connectivity index (χ3v) is 4.65. The van der Waals surface area contributed by atoms with Gasteiger partial charge in [0.1, 0.15) is 0 Å². The molecular weight excluding hydrogens is 232 g/mol. The number of hydrogen-bond acceptors (Lipinski definition) is 2. The highest BCUT2D eigenvalue weighted by Crippen LogP contribution is 2.23. The average Bonchev–Trinajstić information content (AvgIpc) is 2.73. The van der Waals surface area contributed by atoms with Crippen LogP contribution in [0.5, 0.6) is 0 Å². The van der Waals surface area contributed by atoms with Gasteiger partial charge in [0.05, 0.1) is 0 Å². The maximum atomic E-state index is 6.19. The number of rotatable bonds is 4. The summed E-state index contributed by atoms with van der Waals surface area (Å²) in [5, 5.41) is 0. The lowest BCUT2D eigenvalue weighted by molar-refractivity contribution is 0.231. The van der Waals surface area contributed by atoms with E-state index in [0.717, 1.165) is 13.0 Å². The van der Waals surface area contributed by atoms with Crippen molar-refractivity contribution >= 4 is 0 Å². The normalized spacial score (nSPS) is 23.3. The lowest BCUT2D eigenvalue weighted by atomic mass is 9.97. The number of likely N-dealkylation sites (N-methyl/N-ethyl adjacent to an activating group) is 1. The maximum absolute atomic E-state index is 6.19. The fraction of sp³-hybridized carbons (Fsp3) is 0.647. The van der Waals surface area contributed by atoms with Crippen molar-refractivity contribution in [3.8, 4) is 0 Å². The standard InChI is InChI=1S/C17H28N2/c1-12-10-13(2)15(14(3)11-12)8-9-19(4)17-7-5-6-16(17)18/h10-11,16-17H,5-9,18H2,1-4H3. The molecule has 1 aromatic carbocycles. The molecule has 2 N–H and O–H groups in total. The van der Waals surface area contributed by atoms with Crippen molar-refractivity contribution in [1.29, 1.82) is 0 Å². The fourth-order valence-corrected chi connectivity index (χ4v) is 3.57. The van der Waals surface area contributed by atoms with Crippen molar-refractivity contribution in [3.05, 3.63) is 34.4 Å². The minimum atomic E-state index is 0.380. The summed E-state index contributed by atoms with van der Waals surface area (Å²) in [6.07, 6.45) is 4.89. The van der Waals surface area contributed by atoms with Crippen LogP contribution in [-0.2, 0) is 6.42 Å². The van der Waals surface area contributed by atoms with Gasteiger partial charge in [-0.15, -0.1) is 0 Å². The first kappa shape index (κ1) is 14.5. The summed E-state index contributed by atoms with van der Waals surface area (Å²) in [4.78, 5) is 2.47. The fourth-order valence-electron chi connectivity index (χ4n) is 3.57. The molecule has 1 fully saturated rings. The lowest BCUT2D eigenvalue weighted by Gasteiger charge is -2.28. The topological polar surface area (TPSA) is 29.3 Å². The third-order valence-electron chi connectivity index (χ3n) is 4.65. The molecule has 2 heteroatoms. The molecule has 2 rings (SSSR count). The smallest absolute Gasteiger partial charge is 0.0244 e. The van der Waals surface area contributed by atoms with E-state index in [1.165, 1.54) is 41.5 Å². The maximum Gasteiger partial charge on any atom is 0.0244 e. The van der Waals surface area contributed by atoms with Crippen LogP contribution in [0.25, 0.3) is 0 Å². The molecule has 106 valence electrons. The van der Waals surface area contributed by atoms with Crippen molar-refractivity contribution in [2.45, 2.75) is 58.5 Å². The van der Waals surface area contributed by atoms with E-state index in [2.05, 4.69) is 44.9 Å². The quantitative estimate of drug-likeness (QED) is 0.902. The SMILES string of the molecule is Cc1cc(C)c(CCN(C)C2CCCC2N)c(C)c1. The molecule has 1 aromatic rings. The van der Waals surface area contributed by atoms with Crippen LogP contribution < -0.4 is 5.73 Å². The van der Waals surface area contributed by atoms with E-state index in [1.807, 2.05) is 0 Å². The molecule has 0 heterocycles. The summed E-state index contributed by atoms with van der Waals surface area (Å²) in [5.74, 6) is 0. The Hall–Kier alpha value is -0.860. The van der Waals surface area contributed by atoms with E-state index in [-0.39, 0.29) is 0 Å². The van der Waals surface area contributed by atoms with E-state index in [4.69, 9.17) is 5.73 Å². The second-order valence-electron chi connectivity index (χ2n) is 6.27. The first-order chi connectivity index (χ1) is 8.99. The molecule has 1 saturated carbocycles. The molecule has 2 atom stereocenters. The highest BCUT2D eigenvalue weighted by atomic mass is 15.1. The van der Waals surface area contributed by atoms with Gasteiger partial charge in [0, 0.05) is 18.6 Å². The molecule has 1 aliphatic rings. The van der Waals surface area contributed by atoms with Crippen LogP contribution in [0.2, 0.25) is 0 Å². The molecule has 19 heavy (non-hydrogen) atoms. The minimum absolute atomic E-state index is 0.380. The molecule has 0 aromatic heterocycles. The van der Waals surface area contributed by atoms with Crippen molar-refractivity contribution in [2.75, 3.05) is 13.6 Å². The summed E-state index contributed by atoms with van der Waals surface area (Å²) in [6, 6.07) is 5.56. The Bertz CT molecular complexity index is 416. The van der Waals surface area contributed by atoms with Crippen LogP contribution in [0.4, 0.5) is 0 Å². The molecule has 2 nitrogen and oxygen atoms in total. The van der Waals surface area contributed by atoms with Crippen molar-refractivity contribution in [2.24, 2.45) is 5.73 Å². The molecular formula is C17H28N2. The Balaban J connectivity index is 1.99. The Labute approximate surface area is 118 Å². The van der Waals surface area contributed by atoms with Gasteiger partial charge >= 0.3 is 0 Å². The van der Waals surface area contributed by atoms with E-state index >= 15 is 0 Å². The lowest BCUT2D eigenvalue weighted by Crippen LogP contribution is -2.43. The first-order valence-corrected chi connectivity index (χ1v) is 7.51. The van der Waals surface area contributed by atoms with Crippen LogP contribution in [0.3, 0.4) is 0 Å². The number of aryl methyl sites for hydroxylation is 3. The van der Waals surface area contributed by atoms with Crippen LogP contribution in [0.1, 0.15) is 41.5 Å². The van der Waals surface area contributed by atoms with Gasteiger partial charge in [0.15, 0.2) is 0 Å². The van der Waals surface area contributed by atoms with Gasteiger partial charge in [0.2, 0.25) is 0 Å². The average molecular weight is 260 g/mol. The summed E-state index contributed by atoms with van der Waals surface area (Å²) in [7, 11) is 2.23. The van der Waals surface area contributed by atoms with Crippen molar-refractivity contribution in [1.82, 2.24) is 4.90 Å². The molecule has 0 amide bonds. The van der Waals surface area contributed by atoms with Crippen molar-refractivity contribution < 1.29 is 0 Å². The van der Waals surface area contributed by atoms with Crippen LogP contribution in [0, 0.1) is 20.8 Å². The van der Waals surface area contributed by atoms with Gasteiger partial charge in [0.25, 0.3) is 0 Å². The van der Waals surface area contributed by atoms with Crippen LogP contribution in [-0.4, -0.2) is 30.6 Å². The molecule has 0 bridgehead atoms. The van der Waals surface area contributed by atoms with Gasteiger partial charge in [-0.25, -0.2) is 0 Å². The van der Waals surface area contributed by atoms with Gasteiger partial charge in [-0.1, -0.05) is 24.1 Å². The molecule has 2 unspecified atom stereocenters. The second-order valence-corrected chi connectivity index (χ2v) is 6.27. The van der Waals surface area contributed by atoms with E-state index in [1.54, 1.807) is 0 Å².